The number of nitrogens with one attached hydrogen (secondary N) is 1. The summed E-state index contributed by atoms with van der Waals surface area (Å²) in [4.78, 5) is 28.6. The molecule has 0 radical (unpaired) electrons. The number of methoxy groups -OCH3 is 1. The fraction of sp³-hybridized carbons (Fsp3) is 0.360. The van der Waals surface area contributed by atoms with Crippen molar-refractivity contribution in [3.63, 3.8) is 0 Å². The fourth-order valence-corrected chi connectivity index (χ4v) is 5.10. The van der Waals surface area contributed by atoms with Crippen LogP contribution in [-0.4, -0.2) is 54.0 Å². The van der Waals surface area contributed by atoms with Gasteiger partial charge < -0.3 is 20.7 Å². The molecular formula is C25H28ClFN4O3. The van der Waals surface area contributed by atoms with Crippen LogP contribution < -0.4 is 15.8 Å². The van der Waals surface area contributed by atoms with Gasteiger partial charge in [0.05, 0.1) is 12.1 Å². The number of fused-ring (bicyclic) bond motifs is 2. The molecule has 4 rings (SSSR count). The number of ether oxygens (including phenoxy) is 1. The van der Waals surface area contributed by atoms with Crippen molar-refractivity contribution < 1.29 is 18.7 Å². The highest BCUT2D eigenvalue weighted by Gasteiger charge is 2.41. The Morgan fingerprint density at radius 2 is 1.88 bits per heavy atom. The van der Waals surface area contributed by atoms with E-state index in [2.05, 4.69) is 10.2 Å². The largest absolute Gasteiger partial charge is 0.495 e. The zero-order chi connectivity index (χ0) is 24.2. The Kier molecular flexibility index (Phi) is 7.38. The molecule has 3 N–H and O–H groups in total. The second-order valence-corrected chi connectivity index (χ2v) is 9.09. The number of carbonyl (C=O) groups excluding carboxylic acids is 2. The minimum atomic E-state index is -0.645. The van der Waals surface area contributed by atoms with E-state index in [1.165, 1.54) is 19.2 Å². The van der Waals surface area contributed by atoms with Crippen molar-refractivity contribution in [1.29, 1.82) is 0 Å². The molecule has 2 unspecified atom stereocenters. The molecule has 2 aromatic rings. The van der Waals surface area contributed by atoms with Crippen LogP contribution >= 0.6 is 11.6 Å². The number of amides is 3. The van der Waals surface area contributed by atoms with E-state index < -0.39 is 6.03 Å². The van der Waals surface area contributed by atoms with Crippen LogP contribution in [0.5, 0.6) is 5.75 Å². The molecule has 0 aliphatic carbocycles. The van der Waals surface area contributed by atoms with Gasteiger partial charge in [0.15, 0.2) is 0 Å². The quantitative estimate of drug-likeness (QED) is 0.586. The standard InChI is InChI=1S/C25H28ClFN4O3/c1-34-23-11-17(18(10-22(23)26)12-29-25(28)33)4-9-24(32)31-20-7-8-21(31)15-30(14-20)13-16-2-5-19(27)6-3-16/h2-6,9-11,20-21H,7-8,12-15H2,1H3,(H3,28,29,33). The van der Waals surface area contributed by atoms with E-state index in [0.29, 0.717) is 16.3 Å². The van der Waals surface area contributed by atoms with Gasteiger partial charge in [-0.25, -0.2) is 9.18 Å². The predicted octanol–water partition coefficient (Wildman–Crippen LogP) is 3.54. The van der Waals surface area contributed by atoms with Gasteiger partial charge in [-0.05, 0) is 59.9 Å². The van der Waals surface area contributed by atoms with Crippen LogP contribution in [0.1, 0.15) is 29.5 Å². The van der Waals surface area contributed by atoms with Crippen LogP contribution in [0.3, 0.4) is 0 Å². The summed E-state index contributed by atoms with van der Waals surface area (Å²) in [5, 5.41) is 2.96. The van der Waals surface area contributed by atoms with Crippen LogP contribution in [0.2, 0.25) is 5.02 Å². The number of hydrogen-bond acceptors (Lipinski definition) is 4. The third-order valence-electron chi connectivity index (χ3n) is 6.40. The summed E-state index contributed by atoms with van der Waals surface area (Å²) < 4.78 is 18.5. The minimum Gasteiger partial charge on any atom is -0.495 e. The summed E-state index contributed by atoms with van der Waals surface area (Å²) in [7, 11) is 1.52. The van der Waals surface area contributed by atoms with E-state index in [-0.39, 0.29) is 30.4 Å². The maximum Gasteiger partial charge on any atom is 0.312 e. The first-order valence-electron chi connectivity index (χ1n) is 11.2. The predicted molar refractivity (Wildman–Crippen MR) is 129 cm³/mol. The number of halogens is 2. The summed E-state index contributed by atoms with van der Waals surface area (Å²) in [5.41, 5.74) is 7.70. The Morgan fingerprint density at radius 1 is 1.21 bits per heavy atom. The van der Waals surface area contributed by atoms with Gasteiger partial charge in [-0.3, -0.25) is 9.69 Å². The van der Waals surface area contributed by atoms with Crippen LogP contribution in [0.4, 0.5) is 9.18 Å². The lowest BCUT2D eigenvalue weighted by Gasteiger charge is -2.40. The summed E-state index contributed by atoms with van der Waals surface area (Å²) in [5.74, 6) is 0.195. The van der Waals surface area contributed by atoms with E-state index in [0.717, 1.165) is 43.6 Å². The zero-order valence-corrected chi connectivity index (χ0v) is 19.7. The topological polar surface area (TPSA) is 87.9 Å². The first kappa shape index (κ1) is 24.0. The van der Waals surface area contributed by atoms with Crippen molar-refractivity contribution in [2.45, 2.75) is 38.0 Å². The molecule has 2 saturated heterocycles. The Morgan fingerprint density at radius 3 is 2.50 bits per heavy atom. The first-order valence-corrected chi connectivity index (χ1v) is 11.6. The van der Waals surface area contributed by atoms with Crippen molar-refractivity contribution in [2.24, 2.45) is 5.73 Å². The average Bonchev–Trinajstić information content (AvgIpc) is 3.08. The first-order chi connectivity index (χ1) is 16.3. The third kappa shape index (κ3) is 5.51. The molecule has 0 aromatic heterocycles. The van der Waals surface area contributed by atoms with Gasteiger partial charge >= 0.3 is 6.03 Å². The number of primary amides is 1. The SMILES string of the molecule is COc1cc(C=CC(=O)N2C3CCC2CN(Cc2ccc(F)cc2)C3)c(CNC(N)=O)cc1Cl. The molecule has 9 heteroatoms. The van der Waals surface area contributed by atoms with Crippen molar-refractivity contribution in [3.05, 3.63) is 70.0 Å². The molecule has 7 nitrogen and oxygen atoms in total. The maximum absolute atomic E-state index is 13.2. The third-order valence-corrected chi connectivity index (χ3v) is 6.70. The van der Waals surface area contributed by atoms with E-state index in [1.807, 2.05) is 17.0 Å². The molecule has 0 spiro atoms. The lowest BCUT2D eigenvalue weighted by molar-refractivity contribution is -0.131. The van der Waals surface area contributed by atoms with Crippen molar-refractivity contribution in [1.82, 2.24) is 15.1 Å². The highest BCUT2D eigenvalue weighted by Crippen LogP contribution is 2.32. The molecule has 3 amide bonds. The number of hydrogen-bond donors (Lipinski definition) is 2. The molecule has 2 aliphatic heterocycles. The lowest BCUT2D eigenvalue weighted by atomic mass is 10.1. The van der Waals surface area contributed by atoms with Gasteiger partial charge in [-0.15, -0.1) is 0 Å². The van der Waals surface area contributed by atoms with E-state index in [9.17, 15) is 14.0 Å². The minimum absolute atomic E-state index is 0.0448. The molecule has 180 valence electrons. The highest BCUT2D eigenvalue weighted by atomic mass is 35.5. The number of carbonyl (C=O) groups is 2. The Labute approximate surface area is 203 Å². The van der Waals surface area contributed by atoms with Gasteiger partial charge in [0.2, 0.25) is 5.91 Å². The summed E-state index contributed by atoms with van der Waals surface area (Å²) in [6.07, 6.45) is 5.22. The van der Waals surface area contributed by atoms with E-state index in [1.54, 1.807) is 24.3 Å². The summed E-state index contributed by atoms with van der Waals surface area (Å²) in [6, 6.07) is 9.65. The lowest BCUT2D eigenvalue weighted by Crippen LogP contribution is -2.55. The van der Waals surface area contributed by atoms with Crippen molar-refractivity contribution in [2.75, 3.05) is 20.2 Å². The molecule has 0 saturated carbocycles. The van der Waals surface area contributed by atoms with Crippen LogP contribution in [0.15, 0.2) is 42.5 Å². The second-order valence-electron chi connectivity index (χ2n) is 8.69. The number of nitrogens with two attached hydrogens (primary N) is 1. The second kappa shape index (κ2) is 10.4. The smallest absolute Gasteiger partial charge is 0.312 e. The molecule has 2 heterocycles. The highest BCUT2D eigenvalue weighted by molar-refractivity contribution is 6.32. The molecule has 2 fully saturated rings. The van der Waals surface area contributed by atoms with Crippen LogP contribution in [0, 0.1) is 5.82 Å². The maximum atomic E-state index is 13.2. The zero-order valence-electron chi connectivity index (χ0n) is 19.0. The van der Waals surface area contributed by atoms with Crippen LogP contribution in [-0.2, 0) is 17.9 Å². The van der Waals surface area contributed by atoms with Gasteiger partial charge in [-0.2, -0.15) is 0 Å². The molecule has 34 heavy (non-hydrogen) atoms. The molecule has 2 bridgehead atoms. The van der Waals surface area contributed by atoms with Gasteiger partial charge in [-0.1, -0.05) is 23.7 Å². The van der Waals surface area contributed by atoms with Gasteiger partial charge in [0.1, 0.15) is 11.6 Å². The Balaban J connectivity index is 1.45. The number of nitrogens with zero attached hydrogens (tertiary/aromatic N) is 2. The molecular weight excluding hydrogens is 459 g/mol. The summed E-state index contributed by atoms with van der Waals surface area (Å²) in [6.45, 7) is 2.50. The van der Waals surface area contributed by atoms with E-state index in [4.69, 9.17) is 22.1 Å². The monoisotopic (exact) mass is 486 g/mol. The van der Waals surface area contributed by atoms with Crippen molar-refractivity contribution >= 4 is 29.6 Å². The Hall–Kier alpha value is -3.10. The summed E-state index contributed by atoms with van der Waals surface area (Å²) >= 11 is 6.24. The van der Waals surface area contributed by atoms with Gasteiger partial charge in [0, 0.05) is 44.3 Å². The normalized spacial score (nSPS) is 20.0. The number of piperazine rings is 1. The van der Waals surface area contributed by atoms with Crippen molar-refractivity contribution in [3.8, 4) is 5.75 Å². The van der Waals surface area contributed by atoms with Gasteiger partial charge in [0.25, 0.3) is 0 Å². The molecule has 2 aromatic carbocycles. The van der Waals surface area contributed by atoms with E-state index >= 15 is 0 Å². The molecule has 2 atom stereocenters. The average molecular weight is 487 g/mol. The number of rotatable bonds is 7. The number of likely N-dealkylation sites (tertiary alicyclic amines) is 1. The molecule has 2 aliphatic rings. The number of benzene rings is 2. The number of urea groups is 1. The fourth-order valence-electron chi connectivity index (χ4n) is 4.83. The Bertz CT molecular complexity index is 1080. The van der Waals surface area contributed by atoms with Crippen LogP contribution in [0.25, 0.3) is 6.08 Å².